The van der Waals surface area contributed by atoms with E-state index in [9.17, 15) is 9.59 Å². The highest BCUT2D eigenvalue weighted by Crippen LogP contribution is 2.12. The molecule has 0 radical (unpaired) electrons. The second-order valence-electron chi connectivity index (χ2n) is 7.22. The van der Waals surface area contributed by atoms with Crippen LogP contribution in [0.15, 0.2) is 0 Å². The van der Waals surface area contributed by atoms with Gasteiger partial charge in [0.25, 0.3) is 0 Å². The zero-order valence-corrected chi connectivity index (χ0v) is 17.4. The summed E-state index contributed by atoms with van der Waals surface area (Å²) in [6.07, 6.45) is 19.3. The van der Waals surface area contributed by atoms with Crippen molar-refractivity contribution >= 4 is 11.9 Å². The SMILES string of the molecule is CCCCCCCCCCCCCCOC(=O)C(=O)OCCCCCC. The van der Waals surface area contributed by atoms with Crippen LogP contribution in [0.3, 0.4) is 0 Å². The van der Waals surface area contributed by atoms with Crippen LogP contribution < -0.4 is 0 Å². The fourth-order valence-corrected chi connectivity index (χ4v) is 2.92. The van der Waals surface area contributed by atoms with Crippen LogP contribution >= 0.6 is 0 Å². The maximum Gasteiger partial charge on any atom is 0.417 e. The Morgan fingerprint density at radius 1 is 0.462 bits per heavy atom. The van der Waals surface area contributed by atoms with Gasteiger partial charge in [-0.1, -0.05) is 104 Å². The van der Waals surface area contributed by atoms with Crippen molar-refractivity contribution in [3.05, 3.63) is 0 Å². The highest BCUT2D eigenvalue weighted by atomic mass is 16.6. The normalized spacial score (nSPS) is 10.7. The Morgan fingerprint density at radius 3 is 1.08 bits per heavy atom. The summed E-state index contributed by atoms with van der Waals surface area (Å²) in [6, 6.07) is 0. The first kappa shape index (κ1) is 24.9. The number of hydrogen-bond acceptors (Lipinski definition) is 4. The summed E-state index contributed by atoms with van der Waals surface area (Å²) < 4.78 is 9.86. The Hall–Kier alpha value is -1.06. The van der Waals surface area contributed by atoms with Gasteiger partial charge in [-0.05, 0) is 12.8 Å². The van der Waals surface area contributed by atoms with Gasteiger partial charge in [-0.15, -0.1) is 0 Å². The minimum Gasteiger partial charge on any atom is -0.457 e. The standard InChI is InChI=1S/C22H42O4/c1-3-5-7-9-10-11-12-13-14-15-16-18-20-26-22(24)21(23)25-19-17-8-6-4-2/h3-20H2,1-2H3. The van der Waals surface area contributed by atoms with Gasteiger partial charge in [0.15, 0.2) is 0 Å². The third-order valence-corrected chi connectivity index (χ3v) is 4.63. The van der Waals surface area contributed by atoms with Crippen LogP contribution in [0.1, 0.15) is 117 Å². The van der Waals surface area contributed by atoms with Crippen LogP contribution in [0.25, 0.3) is 0 Å². The number of rotatable bonds is 18. The van der Waals surface area contributed by atoms with Crippen LogP contribution in [0, 0.1) is 0 Å². The number of ether oxygens (including phenoxy) is 2. The van der Waals surface area contributed by atoms with Crippen molar-refractivity contribution in [3.63, 3.8) is 0 Å². The van der Waals surface area contributed by atoms with Crippen LogP contribution in [-0.2, 0) is 19.1 Å². The third kappa shape index (κ3) is 17.8. The van der Waals surface area contributed by atoms with Crippen molar-refractivity contribution in [2.24, 2.45) is 0 Å². The molecule has 0 heterocycles. The van der Waals surface area contributed by atoms with Crippen molar-refractivity contribution in [2.75, 3.05) is 13.2 Å². The molecule has 0 rings (SSSR count). The van der Waals surface area contributed by atoms with E-state index in [0.717, 1.165) is 38.5 Å². The molecule has 26 heavy (non-hydrogen) atoms. The molecule has 4 nitrogen and oxygen atoms in total. The molecule has 0 bridgehead atoms. The smallest absolute Gasteiger partial charge is 0.417 e. The van der Waals surface area contributed by atoms with Crippen LogP contribution in [0.4, 0.5) is 0 Å². The van der Waals surface area contributed by atoms with Gasteiger partial charge < -0.3 is 9.47 Å². The van der Waals surface area contributed by atoms with E-state index in [4.69, 9.17) is 9.47 Å². The fourth-order valence-electron chi connectivity index (χ4n) is 2.92. The Balaban J connectivity index is 3.28. The summed E-state index contributed by atoms with van der Waals surface area (Å²) in [5, 5.41) is 0. The molecule has 0 saturated heterocycles. The number of hydrogen-bond donors (Lipinski definition) is 0. The topological polar surface area (TPSA) is 52.6 Å². The Kier molecular flexibility index (Phi) is 19.4. The van der Waals surface area contributed by atoms with Gasteiger partial charge in [-0.2, -0.15) is 0 Å². The summed E-state index contributed by atoms with van der Waals surface area (Å²) in [7, 11) is 0. The van der Waals surface area contributed by atoms with Crippen LogP contribution in [0.5, 0.6) is 0 Å². The zero-order valence-electron chi connectivity index (χ0n) is 17.4. The molecular formula is C22H42O4. The molecule has 0 aromatic carbocycles. The minimum atomic E-state index is -0.847. The lowest BCUT2D eigenvalue weighted by atomic mass is 10.1. The monoisotopic (exact) mass is 370 g/mol. The van der Waals surface area contributed by atoms with Gasteiger partial charge in [0.05, 0.1) is 13.2 Å². The first-order valence-electron chi connectivity index (χ1n) is 11.1. The zero-order chi connectivity index (χ0) is 19.3. The maximum absolute atomic E-state index is 11.5. The number of carbonyl (C=O) groups excluding carboxylic acids is 2. The molecule has 0 spiro atoms. The first-order valence-corrected chi connectivity index (χ1v) is 11.1. The van der Waals surface area contributed by atoms with E-state index in [2.05, 4.69) is 13.8 Å². The van der Waals surface area contributed by atoms with Gasteiger partial charge in [0.2, 0.25) is 0 Å². The van der Waals surface area contributed by atoms with Crippen molar-refractivity contribution in [3.8, 4) is 0 Å². The molecule has 0 aliphatic rings. The molecule has 0 unspecified atom stereocenters. The molecule has 0 atom stereocenters. The van der Waals surface area contributed by atoms with Gasteiger partial charge in [-0.3, -0.25) is 0 Å². The summed E-state index contributed by atoms with van der Waals surface area (Å²) in [5.74, 6) is -1.69. The van der Waals surface area contributed by atoms with Crippen LogP contribution in [-0.4, -0.2) is 25.2 Å². The lowest BCUT2D eigenvalue weighted by molar-refractivity contribution is -0.167. The molecule has 0 aliphatic heterocycles. The van der Waals surface area contributed by atoms with E-state index in [0.29, 0.717) is 13.2 Å². The van der Waals surface area contributed by atoms with E-state index in [1.165, 1.54) is 64.2 Å². The molecule has 0 amide bonds. The second kappa shape index (κ2) is 20.3. The van der Waals surface area contributed by atoms with Crippen molar-refractivity contribution in [1.82, 2.24) is 0 Å². The highest BCUT2D eigenvalue weighted by molar-refractivity contribution is 6.29. The summed E-state index contributed by atoms with van der Waals surface area (Å²) in [4.78, 5) is 22.9. The number of unbranched alkanes of at least 4 members (excludes halogenated alkanes) is 14. The summed E-state index contributed by atoms with van der Waals surface area (Å²) in [6.45, 7) is 5.01. The number of carbonyl (C=O) groups is 2. The Labute approximate surface area is 161 Å². The van der Waals surface area contributed by atoms with E-state index < -0.39 is 11.9 Å². The number of esters is 2. The van der Waals surface area contributed by atoms with Crippen molar-refractivity contribution in [2.45, 2.75) is 117 Å². The largest absolute Gasteiger partial charge is 0.457 e. The average molecular weight is 371 g/mol. The molecule has 0 fully saturated rings. The Bertz CT molecular complexity index is 328. The molecule has 0 aromatic rings. The second-order valence-corrected chi connectivity index (χ2v) is 7.22. The predicted molar refractivity (Wildman–Crippen MR) is 107 cm³/mol. The minimum absolute atomic E-state index is 0.312. The lowest BCUT2D eigenvalue weighted by Crippen LogP contribution is -2.21. The van der Waals surface area contributed by atoms with E-state index in [1.807, 2.05) is 0 Å². The van der Waals surface area contributed by atoms with Gasteiger partial charge >= 0.3 is 11.9 Å². The van der Waals surface area contributed by atoms with Gasteiger partial charge in [-0.25, -0.2) is 9.59 Å². The highest BCUT2D eigenvalue weighted by Gasteiger charge is 2.16. The van der Waals surface area contributed by atoms with Crippen molar-refractivity contribution in [1.29, 1.82) is 0 Å². The van der Waals surface area contributed by atoms with Crippen LogP contribution in [0.2, 0.25) is 0 Å². The molecule has 154 valence electrons. The molecule has 0 aromatic heterocycles. The third-order valence-electron chi connectivity index (χ3n) is 4.63. The quantitative estimate of drug-likeness (QED) is 0.160. The summed E-state index contributed by atoms with van der Waals surface area (Å²) in [5.41, 5.74) is 0. The predicted octanol–water partition coefficient (Wildman–Crippen LogP) is 6.35. The maximum atomic E-state index is 11.5. The Morgan fingerprint density at radius 2 is 0.731 bits per heavy atom. The molecular weight excluding hydrogens is 328 g/mol. The van der Waals surface area contributed by atoms with Crippen molar-refractivity contribution < 1.29 is 19.1 Å². The molecule has 4 heteroatoms. The average Bonchev–Trinajstić information content (AvgIpc) is 2.65. The van der Waals surface area contributed by atoms with Gasteiger partial charge in [0.1, 0.15) is 0 Å². The summed E-state index contributed by atoms with van der Waals surface area (Å²) >= 11 is 0. The van der Waals surface area contributed by atoms with E-state index >= 15 is 0 Å². The van der Waals surface area contributed by atoms with Gasteiger partial charge in [0, 0.05) is 0 Å². The molecule has 0 saturated carbocycles. The fraction of sp³-hybridized carbons (Fsp3) is 0.909. The lowest BCUT2D eigenvalue weighted by Gasteiger charge is -2.06. The first-order chi connectivity index (χ1) is 12.7. The van der Waals surface area contributed by atoms with E-state index in [-0.39, 0.29) is 0 Å². The molecule has 0 aliphatic carbocycles. The molecule has 0 N–H and O–H groups in total. The van der Waals surface area contributed by atoms with E-state index in [1.54, 1.807) is 0 Å².